The fraction of sp³-hybridized carbons (Fsp3) is 0.571. The summed E-state index contributed by atoms with van der Waals surface area (Å²) in [4.78, 5) is 22.0. The van der Waals surface area contributed by atoms with Gasteiger partial charge in [-0.05, 0) is 51.3 Å². The molecule has 150 valence electrons. The molecule has 4 rings (SSSR count). The molecule has 1 N–H and O–H groups in total. The van der Waals surface area contributed by atoms with E-state index in [2.05, 4.69) is 50.7 Å². The normalized spacial score (nSPS) is 20.0. The van der Waals surface area contributed by atoms with E-state index in [1.807, 2.05) is 0 Å². The Hall–Kier alpha value is -1.99. The maximum atomic E-state index is 12.7. The number of carbonyl (C=O) groups excluding carboxylic acids is 1. The molecule has 0 spiro atoms. The zero-order valence-corrected chi connectivity index (χ0v) is 17.4. The Morgan fingerprint density at radius 2 is 1.96 bits per heavy atom. The highest BCUT2D eigenvalue weighted by Crippen LogP contribution is 2.27. The first-order valence-corrected chi connectivity index (χ1v) is 11.1. The monoisotopic (exact) mass is 399 g/mol. The molecule has 1 unspecified atom stereocenters. The largest absolute Gasteiger partial charge is 0.353 e. The number of aromatic nitrogens is 2. The Labute approximate surface area is 171 Å². The van der Waals surface area contributed by atoms with E-state index in [0.717, 1.165) is 49.9 Å². The number of rotatable bonds is 7. The predicted molar refractivity (Wildman–Crippen MR) is 113 cm³/mol. The summed E-state index contributed by atoms with van der Waals surface area (Å²) in [6, 6.07) is 8.38. The Morgan fingerprint density at radius 1 is 1.18 bits per heavy atom. The molecule has 1 aromatic carbocycles. The zero-order chi connectivity index (χ0) is 19.3. The van der Waals surface area contributed by atoms with Crippen LogP contribution in [0.2, 0.25) is 0 Å². The second-order valence-corrected chi connectivity index (χ2v) is 8.58. The minimum atomic E-state index is -0.112. The quantitative estimate of drug-likeness (QED) is 0.776. The van der Waals surface area contributed by atoms with Gasteiger partial charge in [-0.2, -0.15) is 4.37 Å². The van der Waals surface area contributed by atoms with E-state index in [9.17, 15) is 4.79 Å². The van der Waals surface area contributed by atoms with E-state index in [-0.39, 0.29) is 11.9 Å². The van der Waals surface area contributed by atoms with Gasteiger partial charge in [0.15, 0.2) is 0 Å². The van der Waals surface area contributed by atoms with Crippen molar-refractivity contribution in [3.63, 3.8) is 0 Å². The van der Waals surface area contributed by atoms with Gasteiger partial charge in [0.1, 0.15) is 11.9 Å². The number of hydrogen-bond acceptors (Lipinski definition) is 6. The molecule has 3 heterocycles. The van der Waals surface area contributed by atoms with Gasteiger partial charge in [-0.15, -0.1) is 0 Å². The number of benzene rings is 1. The summed E-state index contributed by atoms with van der Waals surface area (Å²) in [5.74, 6) is 0.968. The van der Waals surface area contributed by atoms with Crippen LogP contribution in [-0.2, 0) is 11.2 Å². The van der Waals surface area contributed by atoms with Crippen LogP contribution < -0.4 is 10.2 Å². The molecule has 0 radical (unpaired) electrons. The number of anilines is 1. The number of nitrogens with zero attached hydrogens (tertiary/aromatic N) is 4. The van der Waals surface area contributed by atoms with Crippen molar-refractivity contribution in [3.05, 3.63) is 41.2 Å². The summed E-state index contributed by atoms with van der Waals surface area (Å²) < 4.78 is 4.54. The molecule has 1 amide bonds. The number of hydrogen-bond donors (Lipinski definition) is 1. The first kappa shape index (κ1) is 19.3. The summed E-state index contributed by atoms with van der Waals surface area (Å²) in [6.45, 7) is 6.99. The number of aryl methyl sites for hydroxylation is 1. The average Bonchev–Trinajstić information content (AvgIpc) is 3.45. The highest BCUT2D eigenvalue weighted by atomic mass is 32.1. The molecule has 2 aliphatic heterocycles. The summed E-state index contributed by atoms with van der Waals surface area (Å²) in [5.41, 5.74) is 2.47. The Balaban J connectivity index is 1.33. The first-order valence-electron chi connectivity index (χ1n) is 10.3. The second kappa shape index (κ2) is 9.01. The number of amides is 1. The maximum Gasteiger partial charge on any atom is 0.242 e. The van der Waals surface area contributed by atoms with Crippen LogP contribution in [0.25, 0.3) is 0 Å². The van der Waals surface area contributed by atoms with Crippen LogP contribution in [0.5, 0.6) is 0 Å². The number of carbonyl (C=O) groups is 1. The third-order valence-electron chi connectivity index (χ3n) is 5.67. The van der Waals surface area contributed by atoms with Crippen LogP contribution in [0.1, 0.15) is 42.6 Å². The lowest BCUT2D eigenvalue weighted by Crippen LogP contribution is -2.45. The molecule has 2 fully saturated rings. The average molecular weight is 400 g/mol. The van der Waals surface area contributed by atoms with Gasteiger partial charge in [-0.1, -0.05) is 29.8 Å². The first-order chi connectivity index (χ1) is 13.7. The van der Waals surface area contributed by atoms with Crippen molar-refractivity contribution in [1.29, 1.82) is 0 Å². The fourth-order valence-corrected chi connectivity index (χ4v) is 4.81. The molecule has 0 aliphatic carbocycles. The van der Waals surface area contributed by atoms with E-state index in [1.54, 1.807) is 0 Å². The molecule has 7 heteroatoms. The second-order valence-electron chi connectivity index (χ2n) is 7.85. The van der Waals surface area contributed by atoms with Crippen LogP contribution in [0.4, 0.5) is 5.13 Å². The third kappa shape index (κ3) is 4.70. The molecule has 2 saturated heterocycles. The molecule has 2 aliphatic rings. The van der Waals surface area contributed by atoms with Crippen LogP contribution in [-0.4, -0.2) is 58.9 Å². The van der Waals surface area contributed by atoms with Crippen molar-refractivity contribution in [2.45, 2.75) is 45.1 Å². The van der Waals surface area contributed by atoms with E-state index < -0.39 is 0 Å². The summed E-state index contributed by atoms with van der Waals surface area (Å²) >= 11 is 1.41. The van der Waals surface area contributed by atoms with Gasteiger partial charge in [0.05, 0.1) is 0 Å². The number of likely N-dealkylation sites (tertiary alicyclic amines) is 1. The Bertz CT molecular complexity index is 784. The Kier molecular flexibility index (Phi) is 6.22. The van der Waals surface area contributed by atoms with Gasteiger partial charge in [0.25, 0.3) is 0 Å². The fourth-order valence-electron chi connectivity index (χ4n) is 4.05. The van der Waals surface area contributed by atoms with Crippen molar-refractivity contribution in [2.24, 2.45) is 0 Å². The van der Waals surface area contributed by atoms with Crippen LogP contribution in [0.15, 0.2) is 24.3 Å². The SMILES string of the molecule is Cc1ccc(Cc2nsc(N3CCCC3C(=O)NCCN3CCCC3)n2)cc1. The van der Waals surface area contributed by atoms with Crippen molar-refractivity contribution in [3.8, 4) is 0 Å². The standard InChI is InChI=1S/C21H29N5OS/c1-16-6-8-17(9-7-16)15-19-23-21(28-24-19)26-13-4-5-18(26)20(27)22-10-14-25-11-2-3-12-25/h6-9,18H,2-5,10-15H2,1H3,(H,22,27). The van der Waals surface area contributed by atoms with Crippen LogP contribution in [0, 0.1) is 6.92 Å². The summed E-state index contributed by atoms with van der Waals surface area (Å²) in [6.07, 6.45) is 5.22. The molecular weight excluding hydrogens is 370 g/mol. The smallest absolute Gasteiger partial charge is 0.242 e. The zero-order valence-electron chi connectivity index (χ0n) is 16.6. The highest BCUT2D eigenvalue weighted by molar-refractivity contribution is 7.09. The number of nitrogens with one attached hydrogen (secondary N) is 1. The van der Waals surface area contributed by atoms with Crippen LogP contribution in [0.3, 0.4) is 0 Å². The molecule has 1 atom stereocenters. The van der Waals surface area contributed by atoms with Crippen molar-refractivity contribution in [1.82, 2.24) is 19.6 Å². The highest BCUT2D eigenvalue weighted by Gasteiger charge is 2.32. The third-order valence-corrected chi connectivity index (χ3v) is 6.46. The van der Waals surface area contributed by atoms with Gasteiger partial charge in [-0.3, -0.25) is 4.79 Å². The van der Waals surface area contributed by atoms with Crippen molar-refractivity contribution < 1.29 is 4.79 Å². The van der Waals surface area contributed by atoms with E-state index in [1.165, 1.54) is 48.6 Å². The maximum absolute atomic E-state index is 12.7. The Morgan fingerprint density at radius 3 is 2.75 bits per heavy atom. The van der Waals surface area contributed by atoms with E-state index in [4.69, 9.17) is 4.98 Å². The van der Waals surface area contributed by atoms with Crippen LogP contribution >= 0.6 is 11.5 Å². The topological polar surface area (TPSA) is 61.4 Å². The lowest BCUT2D eigenvalue weighted by Gasteiger charge is -2.23. The molecule has 0 saturated carbocycles. The molecule has 2 aromatic rings. The van der Waals surface area contributed by atoms with Gasteiger partial charge >= 0.3 is 0 Å². The van der Waals surface area contributed by atoms with E-state index >= 15 is 0 Å². The molecular formula is C21H29N5OS. The predicted octanol–water partition coefficient (Wildman–Crippen LogP) is 2.62. The van der Waals surface area contributed by atoms with Crippen molar-refractivity contribution in [2.75, 3.05) is 37.6 Å². The minimum absolute atomic E-state index is 0.112. The van der Waals surface area contributed by atoms with Gasteiger partial charge in [-0.25, -0.2) is 4.98 Å². The van der Waals surface area contributed by atoms with Gasteiger partial charge < -0.3 is 15.1 Å². The lowest BCUT2D eigenvalue weighted by molar-refractivity contribution is -0.122. The minimum Gasteiger partial charge on any atom is -0.353 e. The molecule has 28 heavy (non-hydrogen) atoms. The van der Waals surface area contributed by atoms with Gasteiger partial charge in [0.2, 0.25) is 11.0 Å². The summed E-state index contributed by atoms with van der Waals surface area (Å²) in [5, 5.41) is 4.01. The summed E-state index contributed by atoms with van der Waals surface area (Å²) in [7, 11) is 0. The molecule has 6 nitrogen and oxygen atoms in total. The van der Waals surface area contributed by atoms with Gasteiger partial charge in [0, 0.05) is 37.6 Å². The lowest BCUT2D eigenvalue weighted by atomic mass is 10.1. The van der Waals surface area contributed by atoms with Crippen molar-refractivity contribution >= 4 is 22.6 Å². The molecule has 1 aromatic heterocycles. The molecule has 0 bridgehead atoms. The van der Waals surface area contributed by atoms with E-state index in [0.29, 0.717) is 0 Å².